The number of pyridine rings is 1. The number of methoxy groups -OCH3 is 1. The van der Waals surface area contributed by atoms with Crippen LogP contribution >= 0.6 is 0 Å². The average Bonchev–Trinajstić information content (AvgIpc) is 3.60. The highest BCUT2D eigenvalue weighted by atomic mass is 16.6. The van der Waals surface area contributed by atoms with Gasteiger partial charge in [0.2, 0.25) is 5.75 Å². The van der Waals surface area contributed by atoms with E-state index in [9.17, 15) is 0 Å². The van der Waals surface area contributed by atoms with Crippen LogP contribution in [0.1, 0.15) is 41.7 Å². The average molecular weight is 415 g/mol. The number of rotatable bonds is 5. The van der Waals surface area contributed by atoms with E-state index in [0.29, 0.717) is 36.3 Å². The van der Waals surface area contributed by atoms with E-state index < -0.39 is 0 Å². The zero-order valence-electron chi connectivity index (χ0n) is 17.1. The third-order valence-corrected chi connectivity index (χ3v) is 5.76. The molecule has 3 aromatic heterocycles. The summed E-state index contributed by atoms with van der Waals surface area (Å²) in [5.74, 6) is 2.56. The van der Waals surface area contributed by atoms with Crippen molar-refractivity contribution in [3.63, 3.8) is 0 Å². The zero-order chi connectivity index (χ0) is 20.8. The van der Waals surface area contributed by atoms with Crippen molar-refractivity contribution in [2.75, 3.05) is 13.7 Å². The van der Waals surface area contributed by atoms with Crippen LogP contribution in [0, 0.1) is 0 Å². The summed E-state index contributed by atoms with van der Waals surface area (Å²) in [6.45, 7) is 1.00. The molecule has 1 unspecified atom stereocenters. The molecule has 0 bridgehead atoms. The summed E-state index contributed by atoms with van der Waals surface area (Å²) in [6, 6.07) is 8.14. The topological polar surface area (TPSA) is 84.2 Å². The second-order valence-electron chi connectivity index (χ2n) is 7.94. The molecule has 1 atom stereocenters. The van der Waals surface area contributed by atoms with E-state index >= 15 is 0 Å². The predicted octanol–water partition coefficient (Wildman–Crippen LogP) is 3.67. The Kier molecular flexibility index (Phi) is 4.22. The van der Waals surface area contributed by atoms with Crippen molar-refractivity contribution >= 4 is 11.2 Å². The van der Waals surface area contributed by atoms with Crippen molar-refractivity contribution in [3.05, 3.63) is 66.1 Å². The van der Waals surface area contributed by atoms with E-state index in [1.54, 1.807) is 19.6 Å². The quantitative estimate of drug-likeness (QED) is 0.492. The first-order chi connectivity index (χ1) is 15.3. The molecule has 0 saturated heterocycles. The first-order valence-electron chi connectivity index (χ1n) is 10.4. The van der Waals surface area contributed by atoms with Crippen molar-refractivity contribution in [1.82, 2.24) is 24.5 Å². The van der Waals surface area contributed by atoms with Crippen LogP contribution in [-0.4, -0.2) is 38.2 Å². The molecule has 6 rings (SSSR count). The van der Waals surface area contributed by atoms with E-state index in [4.69, 9.17) is 14.2 Å². The van der Waals surface area contributed by atoms with Gasteiger partial charge in [-0.3, -0.25) is 4.98 Å². The number of imidazole rings is 1. The maximum Gasteiger partial charge on any atom is 0.204 e. The molecule has 1 fully saturated rings. The molecule has 1 aromatic carbocycles. The van der Waals surface area contributed by atoms with Crippen LogP contribution in [0.2, 0.25) is 0 Å². The molecule has 4 aromatic rings. The van der Waals surface area contributed by atoms with Gasteiger partial charge < -0.3 is 18.8 Å². The fraction of sp³-hybridized carbons (Fsp3) is 0.304. The van der Waals surface area contributed by atoms with Crippen LogP contribution < -0.4 is 14.2 Å². The molecule has 0 N–H and O–H groups in total. The van der Waals surface area contributed by atoms with Crippen molar-refractivity contribution in [1.29, 1.82) is 0 Å². The summed E-state index contributed by atoms with van der Waals surface area (Å²) < 4.78 is 20.0. The van der Waals surface area contributed by atoms with Crippen LogP contribution in [0.15, 0.2) is 49.3 Å². The molecule has 8 heteroatoms. The van der Waals surface area contributed by atoms with E-state index in [1.165, 1.54) is 24.9 Å². The van der Waals surface area contributed by atoms with E-state index in [-0.39, 0.29) is 6.10 Å². The molecular formula is C23H21N5O3. The van der Waals surface area contributed by atoms with E-state index in [2.05, 4.69) is 32.1 Å². The number of benzene rings is 1. The fourth-order valence-corrected chi connectivity index (χ4v) is 3.96. The Bertz CT molecular complexity index is 1230. The van der Waals surface area contributed by atoms with Gasteiger partial charge in [0.1, 0.15) is 18.5 Å². The first kappa shape index (κ1) is 18.1. The van der Waals surface area contributed by atoms with Crippen LogP contribution in [0.3, 0.4) is 0 Å². The molecule has 1 aliphatic carbocycles. The maximum absolute atomic E-state index is 6.29. The summed E-state index contributed by atoms with van der Waals surface area (Å²) in [5.41, 5.74) is 4.72. The summed E-state index contributed by atoms with van der Waals surface area (Å²) in [5, 5.41) is 0. The number of ether oxygens (including phenoxy) is 3. The van der Waals surface area contributed by atoms with Crippen LogP contribution in [0.25, 0.3) is 11.2 Å². The second kappa shape index (κ2) is 7.23. The van der Waals surface area contributed by atoms with Gasteiger partial charge in [-0.05, 0) is 36.6 Å². The standard InChI is InChI=1S/C23H21N5O3/c1-29-19-6-14(10-28-13-27-18-9-24-12-26-23(18)28)7-20-22(19)31-21(11-30-20)16-4-5-17(25-8-16)15-2-3-15/h4-9,12-13,15,21H,2-3,10-11H2,1H3. The number of fused-ring (bicyclic) bond motifs is 2. The lowest BCUT2D eigenvalue weighted by molar-refractivity contribution is 0.0867. The number of hydrogen-bond donors (Lipinski definition) is 0. The van der Waals surface area contributed by atoms with Crippen molar-refractivity contribution in [2.45, 2.75) is 31.4 Å². The molecular weight excluding hydrogens is 394 g/mol. The molecule has 156 valence electrons. The van der Waals surface area contributed by atoms with Gasteiger partial charge in [0.25, 0.3) is 0 Å². The fourth-order valence-electron chi connectivity index (χ4n) is 3.96. The van der Waals surface area contributed by atoms with Gasteiger partial charge in [-0.25, -0.2) is 15.0 Å². The van der Waals surface area contributed by atoms with Crippen LogP contribution in [0.5, 0.6) is 17.2 Å². The zero-order valence-corrected chi connectivity index (χ0v) is 17.1. The summed E-state index contributed by atoms with van der Waals surface area (Å²) in [7, 11) is 1.64. The number of nitrogens with zero attached hydrogens (tertiary/aromatic N) is 5. The number of hydrogen-bond acceptors (Lipinski definition) is 7. The predicted molar refractivity (Wildman–Crippen MR) is 112 cm³/mol. The minimum absolute atomic E-state index is 0.220. The Balaban J connectivity index is 1.27. The molecule has 1 saturated carbocycles. The Hall–Kier alpha value is -3.68. The second-order valence-corrected chi connectivity index (χ2v) is 7.94. The molecule has 0 radical (unpaired) electrons. The third-order valence-electron chi connectivity index (χ3n) is 5.76. The molecule has 2 aliphatic rings. The summed E-state index contributed by atoms with van der Waals surface area (Å²) in [6.07, 6.45) is 9.15. The van der Waals surface area contributed by atoms with Crippen LogP contribution in [0.4, 0.5) is 0 Å². The Labute approximate surface area is 178 Å². The Morgan fingerprint density at radius 3 is 2.87 bits per heavy atom. The van der Waals surface area contributed by atoms with Crippen LogP contribution in [-0.2, 0) is 6.54 Å². The first-order valence-corrected chi connectivity index (χ1v) is 10.4. The maximum atomic E-state index is 6.29. The molecule has 0 amide bonds. The minimum Gasteiger partial charge on any atom is -0.493 e. The van der Waals surface area contributed by atoms with Gasteiger partial charge in [0.05, 0.1) is 26.2 Å². The summed E-state index contributed by atoms with van der Waals surface area (Å²) >= 11 is 0. The van der Waals surface area contributed by atoms with Crippen molar-refractivity contribution in [2.24, 2.45) is 0 Å². The van der Waals surface area contributed by atoms with Crippen molar-refractivity contribution < 1.29 is 14.2 Å². The lowest BCUT2D eigenvalue weighted by Gasteiger charge is -2.28. The lowest BCUT2D eigenvalue weighted by atomic mass is 10.1. The Morgan fingerprint density at radius 2 is 2.06 bits per heavy atom. The van der Waals surface area contributed by atoms with Crippen molar-refractivity contribution in [3.8, 4) is 17.2 Å². The monoisotopic (exact) mass is 415 g/mol. The van der Waals surface area contributed by atoms with Gasteiger partial charge in [0, 0.05) is 23.4 Å². The van der Waals surface area contributed by atoms with Gasteiger partial charge in [-0.1, -0.05) is 6.07 Å². The largest absolute Gasteiger partial charge is 0.493 e. The highest BCUT2D eigenvalue weighted by Crippen LogP contribution is 2.45. The van der Waals surface area contributed by atoms with Gasteiger partial charge in [-0.2, -0.15) is 0 Å². The minimum atomic E-state index is -0.220. The number of aromatic nitrogens is 5. The highest BCUT2D eigenvalue weighted by molar-refractivity contribution is 5.69. The smallest absolute Gasteiger partial charge is 0.204 e. The van der Waals surface area contributed by atoms with Gasteiger partial charge in [-0.15, -0.1) is 0 Å². The lowest BCUT2D eigenvalue weighted by Crippen LogP contribution is -2.22. The molecule has 31 heavy (non-hydrogen) atoms. The molecule has 1 aliphatic heterocycles. The molecule has 4 heterocycles. The van der Waals surface area contributed by atoms with Gasteiger partial charge >= 0.3 is 0 Å². The molecule has 8 nitrogen and oxygen atoms in total. The van der Waals surface area contributed by atoms with E-state index in [1.807, 2.05) is 22.9 Å². The third kappa shape index (κ3) is 3.34. The normalized spacial score (nSPS) is 17.6. The highest BCUT2D eigenvalue weighted by Gasteiger charge is 2.28. The van der Waals surface area contributed by atoms with Gasteiger partial charge in [0.15, 0.2) is 23.3 Å². The Morgan fingerprint density at radius 1 is 1.13 bits per heavy atom. The molecule has 0 spiro atoms. The SMILES string of the molecule is COc1cc(Cn2cnc3cncnc32)cc2c1OC(c1ccc(C3CC3)nc1)CO2. The summed E-state index contributed by atoms with van der Waals surface area (Å²) in [4.78, 5) is 17.3. The van der Waals surface area contributed by atoms with E-state index in [0.717, 1.165) is 22.3 Å².